The van der Waals surface area contributed by atoms with Crippen molar-refractivity contribution in [2.75, 3.05) is 5.73 Å². The third-order valence-corrected chi connectivity index (χ3v) is 5.10. The summed E-state index contributed by atoms with van der Waals surface area (Å²) in [5.41, 5.74) is 10.8. The third kappa shape index (κ3) is 2.41. The van der Waals surface area contributed by atoms with Gasteiger partial charge in [-0.2, -0.15) is 5.26 Å². The van der Waals surface area contributed by atoms with Gasteiger partial charge in [0.25, 0.3) is 0 Å². The second-order valence-corrected chi connectivity index (χ2v) is 6.45. The zero-order valence-corrected chi connectivity index (χ0v) is 13.5. The fourth-order valence-electron chi connectivity index (χ4n) is 2.68. The highest BCUT2D eigenvalue weighted by molar-refractivity contribution is 7.22. The molecule has 0 unspecified atom stereocenters. The molecule has 0 amide bonds. The SMILES string of the molecule is N#Cc1ccc(-c2sc3nc(-c4ccccc4)ccc3c2N)cc1. The van der Waals surface area contributed by atoms with Crippen molar-refractivity contribution in [1.82, 2.24) is 4.98 Å². The number of nitrogens with zero attached hydrogens (tertiary/aromatic N) is 2. The molecule has 0 atom stereocenters. The van der Waals surface area contributed by atoms with Crippen molar-refractivity contribution in [3.63, 3.8) is 0 Å². The first kappa shape index (κ1) is 14.4. The van der Waals surface area contributed by atoms with E-state index < -0.39 is 0 Å². The predicted molar refractivity (Wildman–Crippen MR) is 99.6 cm³/mol. The molecule has 0 saturated carbocycles. The van der Waals surface area contributed by atoms with Crippen LogP contribution in [0.5, 0.6) is 0 Å². The van der Waals surface area contributed by atoms with Crippen molar-refractivity contribution in [2.45, 2.75) is 0 Å². The van der Waals surface area contributed by atoms with Crippen LogP contribution in [0.25, 0.3) is 31.9 Å². The first-order valence-electron chi connectivity index (χ1n) is 7.51. The highest BCUT2D eigenvalue weighted by Gasteiger charge is 2.13. The second kappa shape index (κ2) is 5.80. The molecule has 3 nitrogen and oxygen atoms in total. The van der Waals surface area contributed by atoms with Crippen molar-refractivity contribution in [2.24, 2.45) is 0 Å². The maximum atomic E-state index is 8.92. The zero-order chi connectivity index (χ0) is 16.5. The first-order chi connectivity index (χ1) is 11.8. The van der Waals surface area contributed by atoms with E-state index >= 15 is 0 Å². The van der Waals surface area contributed by atoms with Gasteiger partial charge in [0, 0.05) is 10.9 Å². The quantitative estimate of drug-likeness (QED) is 0.558. The van der Waals surface area contributed by atoms with Crippen molar-refractivity contribution in [3.8, 4) is 27.8 Å². The fraction of sp³-hybridized carbons (Fsp3) is 0. The smallest absolute Gasteiger partial charge is 0.126 e. The number of nitriles is 1. The lowest BCUT2D eigenvalue weighted by Gasteiger charge is -2.00. The molecule has 114 valence electrons. The number of benzene rings is 2. The number of thiophene rings is 1. The molecule has 0 spiro atoms. The van der Waals surface area contributed by atoms with Crippen LogP contribution in [0.2, 0.25) is 0 Å². The number of nitrogen functional groups attached to an aromatic ring is 1. The summed E-state index contributed by atoms with van der Waals surface area (Å²) in [6.07, 6.45) is 0. The number of pyridine rings is 1. The molecular formula is C20H13N3S. The number of aromatic nitrogens is 1. The van der Waals surface area contributed by atoms with E-state index in [2.05, 4.69) is 6.07 Å². The molecule has 4 aromatic rings. The van der Waals surface area contributed by atoms with Crippen LogP contribution < -0.4 is 5.73 Å². The van der Waals surface area contributed by atoms with Crippen LogP contribution in [0, 0.1) is 11.3 Å². The van der Waals surface area contributed by atoms with E-state index in [-0.39, 0.29) is 0 Å². The van der Waals surface area contributed by atoms with Crippen molar-refractivity contribution in [1.29, 1.82) is 5.26 Å². The Morgan fingerprint density at radius 1 is 0.875 bits per heavy atom. The van der Waals surface area contributed by atoms with Gasteiger partial charge in [-0.15, -0.1) is 11.3 Å². The maximum absolute atomic E-state index is 8.92. The van der Waals surface area contributed by atoms with Crippen molar-refractivity contribution in [3.05, 3.63) is 72.3 Å². The van der Waals surface area contributed by atoms with Gasteiger partial charge in [-0.1, -0.05) is 42.5 Å². The number of rotatable bonds is 2. The minimum Gasteiger partial charge on any atom is -0.397 e. The lowest BCUT2D eigenvalue weighted by atomic mass is 10.1. The number of hydrogen-bond donors (Lipinski definition) is 1. The van der Waals surface area contributed by atoms with Gasteiger partial charge >= 0.3 is 0 Å². The molecule has 4 heteroatoms. The summed E-state index contributed by atoms with van der Waals surface area (Å²) in [7, 11) is 0. The third-order valence-electron chi connectivity index (χ3n) is 3.94. The molecule has 0 aliphatic rings. The summed E-state index contributed by atoms with van der Waals surface area (Å²) in [4.78, 5) is 6.69. The van der Waals surface area contributed by atoms with Crippen molar-refractivity contribution < 1.29 is 0 Å². The van der Waals surface area contributed by atoms with Crippen LogP contribution in [-0.2, 0) is 0 Å². The van der Waals surface area contributed by atoms with Gasteiger partial charge in [-0.25, -0.2) is 4.98 Å². The normalized spacial score (nSPS) is 10.6. The molecule has 0 aliphatic heterocycles. The number of anilines is 1. The standard InChI is InChI=1S/C20H13N3S/c21-12-13-6-8-15(9-7-13)19-18(22)16-10-11-17(23-20(16)24-19)14-4-2-1-3-5-14/h1-11H,22H2. The largest absolute Gasteiger partial charge is 0.397 e. The maximum Gasteiger partial charge on any atom is 0.126 e. The zero-order valence-electron chi connectivity index (χ0n) is 12.7. The first-order valence-corrected chi connectivity index (χ1v) is 8.33. The molecular weight excluding hydrogens is 314 g/mol. The molecule has 2 aromatic carbocycles. The van der Waals surface area contributed by atoms with Gasteiger partial charge < -0.3 is 5.73 Å². The monoisotopic (exact) mass is 327 g/mol. The van der Waals surface area contributed by atoms with E-state index in [1.165, 1.54) is 0 Å². The van der Waals surface area contributed by atoms with Crippen LogP contribution >= 0.6 is 11.3 Å². The number of fused-ring (bicyclic) bond motifs is 1. The highest BCUT2D eigenvalue weighted by atomic mass is 32.1. The van der Waals surface area contributed by atoms with E-state index in [1.54, 1.807) is 11.3 Å². The molecule has 0 fully saturated rings. The van der Waals surface area contributed by atoms with Crippen LogP contribution in [0.3, 0.4) is 0 Å². The molecule has 2 N–H and O–H groups in total. The Hall–Kier alpha value is -3.16. The number of hydrogen-bond acceptors (Lipinski definition) is 4. The van der Waals surface area contributed by atoms with Crippen LogP contribution in [0.1, 0.15) is 5.56 Å². The molecule has 0 radical (unpaired) electrons. The summed E-state index contributed by atoms with van der Waals surface area (Å²) < 4.78 is 0. The minimum atomic E-state index is 0.642. The van der Waals surface area contributed by atoms with Crippen LogP contribution in [0.15, 0.2) is 66.7 Å². The molecule has 0 saturated heterocycles. The van der Waals surface area contributed by atoms with Crippen molar-refractivity contribution >= 4 is 27.2 Å². The summed E-state index contributed by atoms with van der Waals surface area (Å²) in [5.74, 6) is 0. The average Bonchev–Trinajstić information content (AvgIpc) is 2.99. The minimum absolute atomic E-state index is 0.642. The fourth-order valence-corrected chi connectivity index (χ4v) is 3.78. The summed E-state index contributed by atoms with van der Waals surface area (Å²) in [6, 6.07) is 23.7. The van der Waals surface area contributed by atoms with Crippen LogP contribution in [0.4, 0.5) is 5.69 Å². The Morgan fingerprint density at radius 2 is 1.62 bits per heavy atom. The van der Waals surface area contributed by atoms with E-state index in [0.717, 1.165) is 37.6 Å². The Kier molecular flexibility index (Phi) is 3.49. The van der Waals surface area contributed by atoms with Gasteiger partial charge in [-0.05, 0) is 29.8 Å². The van der Waals surface area contributed by atoms with Gasteiger partial charge in [0.05, 0.1) is 27.9 Å². The molecule has 24 heavy (non-hydrogen) atoms. The molecule has 4 rings (SSSR count). The van der Waals surface area contributed by atoms with E-state index in [0.29, 0.717) is 5.56 Å². The predicted octanol–water partition coefficient (Wildman–Crippen LogP) is 5.08. The van der Waals surface area contributed by atoms with E-state index in [9.17, 15) is 0 Å². The van der Waals surface area contributed by atoms with Gasteiger partial charge in [0.1, 0.15) is 4.83 Å². The molecule has 0 bridgehead atoms. The topological polar surface area (TPSA) is 62.7 Å². The summed E-state index contributed by atoms with van der Waals surface area (Å²) in [6.45, 7) is 0. The Labute approximate surface area is 143 Å². The van der Waals surface area contributed by atoms with E-state index in [1.807, 2.05) is 66.7 Å². The van der Waals surface area contributed by atoms with E-state index in [4.69, 9.17) is 16.0 Å². The van der Waals surface area contributed by atoms with Gasteiger partial charge in [-0.3, -0.25) is 0 Å². The van der Waals surface area contributed by atoms with Gasteiger partial charge in [0.2, 0.25) is 0 Å². The average molecular weight is 327 g/mol. The Balaban J connectivity index is 1.83. The summed E-state index contributed by atoms with van der Waals surface area (Å²) >= 11 is 1.58. The highest BCUT2D eigenvalue weighted by Crippen LogP contribution is 2.40. The Morgan fingerprint density at radius 3 is 2.33 bits per heavy atom. The lowest BCUT2D eigenvalue weighted by Crippen LogP contribution is -1.87. The summed E-state index contributed by atoms with van der Waals surface area (Å²) in [5, 5.41) is 9.90. The van der Waals surface area contributed by atoms with Gasteiger partial charge in [0.15, 0.2) is 0 Å². The Bertz CT molecular complexity index is 1060. The number of nitrogens with two attached hydrogens (primary N) is 1. The second-order valence-electron chi connectivity index (χ2n) is 5.45. The molecule has 2 aromatic heterocycles. The lowest BCUT2D eigenvalue weighted by molar-refractivity contribution is 1.43. The molecule has 0 aliphatic carbocycles. The molecule has 2 heterocycles. The van der Waals surface area contributed by atoms with Crippen LogP contribution in [-0.4, -0.2) is 4.98 Å².